The standard InChI is InChI=1S/C60H44N2OS/c1-4-14-49(5-2)61(54-37-38-59-57(40-54)56-18-10-12-19-58(56)63-59)52-33-29-46(30-34-52)44-25-21-42(22-26-44)43-23-27-45(28-24-43)47-31-35-53(36-32-47)62(51-15-8-7-9-16-51)50(6-3)39-48-41-64-60-20-13-11-17-55(48)60/h4-41H,1-3H2/b49-14+,50-39+. The lowest BCUT2D eigenvalue weighted by molar-refractivity contribution is 0.669. The van der Waals surface area contributed by atoms with Crippen LogP contribution >= 0.6 is 11.3 Å². The molecular formula is C60H44N2OS. The van der Waals surface area contributed by atoms with Crippen molar-refractivity contribution in [3.8, 4) is 33.4 Å². The van der Waals surface area contributed by atoms with Crippen LogP contribution in [0.1, 0.15) is 5.56 Å². The first-order valence-corrected chi connectivity index (χ1v) is 22.2. The van der Waals surface area contributed by atoms with E-state index >= 15 is 0 Å². The highest BCUT2D eigenvalue weighted by molar-refractivity contribution is 7.17. The molecule has 306 valence electrons. The number of furan rings is 1. The molecule has 0 radical (unpaired) electrons. The van der Waals surface area contributed by atoms with Crippen LogP contribution in [0.25, 0.3) is 71.5 Å². The molecule has 0 bridgehead atoms. The first kappa shape index (κ1) is 39.9. The van der Waals surface area contributed by atoms with E-state index in [1.165, 1.54) is 26.8 Å². The van der Waals surface area contributed by atoms with E-state index in [0.717, 1.165) is 78.3 Å². The van der Waals surface area contributed by atoms with Crippen molar-refractivity contribution in [1.82, 2.24) is 0 Å². The minimum atomic E-state index is 0.861. The van der Waals surface area contributed by atoms with Crippen LogP contribution in [0.15, 0.2) is 259 Å². The smallest absolute Gasteiger partial charge is 0.135 e. The van der Waals surface area contributed by atoms with Gasteiger partial charge in [-0.3, -0.25) is 0 Å². The maximum Gasteiger partial charge on any atom is 0.135 e. The number of thiophene rings is 1. The first-order valence-electron chi connectivity index (χ1n) is 21.3. The third kappa shape index (κ3) is 7.79. The van der Waals surface area contributed by atoms with Gasteiger partial charge in [-0.15, -0.1) is 11.3 Å². The zero-order valence-electron chi connectivity index (χ0n) is 35.3. The third-order valence-corrected chi connectivity index (χ3v) is 12.7. The molecule has 0 N–H and O–H groups in total. The van der Waals surface area contributed by atoms with Gasteiger partial charge in [-0.2, -0.15) is 0 Å². The van der Waals surface area contributed by atoms with Gasteiger partial charge in [-0.05, 0) is 141 Å². The van der Waals surface area contributed by atoms with Crippen molar-refractivity contribution in [2.24, 2.45) is 0 Å². The van der Waals surface area contributed by atoms with E-state index in [0.29, 0.717) is 0 Å². The van der Waals surface area contributed by atoms with Gasteiger partial charge in [0.1, 0.15) is 11.2 Å². The van der Waals surface area contributed by atoms with Gasteiger partial charge in [0, 0.05) is 49.6 Å². The highest BCUT2D eigenvalue weighted by atomic mass is 32.1. The number of nitrogens with zero attached hydrogens (tertiary/aromatic N) is 2. The van der Waals surface area contributed by atoms with Crippen LogP contribution in [0.3, 0.4) is 0 Å². The van der Waals surface area contributed by atoms with E-state index < -0.39 is 0 Å². The van der Waals surface area contributed by atoms with Crippen LogP contribution in [0, 0.1) is 0 Å². The molecule has 2 heterocycles. The number of rotatable bonds is 13. The summed E-state index contributed by atoms with van der Waals surface area (Å²) in [4.78, 5) is 4.47. The summed E-state index contributed by atoms with van der Waals surface area (Å²) >= 11 is 1.77. The minimum absolute atomic E-state index is 0.861. The number of hydrogen-bond donors (Lipinski definition) is 0. The molecular weight excluding hydrogens is 797 g/mol. The molecule has 0 spiro atoms. The Morgan fingerprint density at radius 1 is 0.422 bits per heavy atom. The van der Waals surface area contributed by atoms with E-state index in [4.69, 9.17) is 4.42 Å². The summed E-state index contributed by atoms with van der Waals surface area (Å²) in [5.41, 5.74) is 16.0. The highest BCUT2D eigenvalue weighted by Crippen LogP contribution is 2.39. The molecule has 0 aliphatic carbocycles. The number of fused-ring (bicyclic) bond motifs is 4. The molecule has 10 aromatic rings. The SMILES string of the molecule is C=C/C=C(\C=C)N(c1ccc(-c2ccc(-c3ccc(-c4ccc(N(/C(C=C)=C/c5csc6ccccc56)c5ccccc5)cc4)cc3)cc2)cc1)c1ccc2oc3ccccc3c2c1. The van der Waals surface area contributed by atoms with Crippen LogP contribution in [0.4, 0.5) is 22.7 Å². The molecule has 0 saturated heterocycles. The Balaban J connectivity index is 0.873. The van der Waals surface area contributed by atoms with E-state index in [-0.39, 0.29) is 0 Å². The maximum absolute atomic E-state index is 6.13. The van der Waals surface area contributed by atoms with Crippen LogP contribution in [0.2, 0.25) is 0 Å². The molecule has 0 aliphatic heterocycles. The molecule has 2 aromatic heterocycles. The molecule has 0 fully saturated rings. The fourth-order valence-corrected chi connectivity index (χ4v) is 9.40. The van der Waals surface area contributed by atoms with Crippen molar-refractivity contribution < 1.29 is 4.42 Å². The fourth-order valence-electron chi connectivity index (χ4n) is 8.48. The number of benzene rings is 8. The second-order valence-electron chi connectivity index (χ2n) is 15.5. The second-order valence-corrected chi connectivity index (χ2v) is 16.4. The summed E-state index contributed by atoms with van der Waals surface area (Å²) in [6.07, 6.45) is 9.81. The lowest BCUT2D eigenvalue weighted by Crippen LogP contribution is -2.14. The maximum atomic E-state index is 6.13. The van der Waals surface area contributed by atoms with Gasteiger partial charge in [0.15, 0.2) is 0 Å². The monoisotopic (exact) mass is 840 g/mol. The summed E-state index contributed by atoms with van der Waals surface area (Å²) in [6.45, 7) is 12.3. The lowest BCUT2D eigenvalue weighted by Gasteiger charge is -2.26. The van der Waals surface area contributed by atoms with Crippen LogP contribution in [0.5, 0.6) is 0 Å². The minimum Gasteiger partial charge on any atom is -0.456 e. The van der Waals surface area contributed by atoms with Gasteiger partial charge in [0.05, 0.1) is 0 Å². The van der Waals surface area contributed by atoms with Crippen molar-refractivity contribution >= 4 is 72.2 Å². The summed E-state index contributed by atoms with van der Waals surface area (Å²) in [7, 11) is 0. The van der Waals surface area contributed by atoms with Crippen molar-refractivity contribution in [3.63, 3.8) is 0 Å². The molecule has 4 heteroatoms. The molecule has 3 nitrogen and oxygen atoms in total. The van der Waals surface area contributed by atoms with Crippen LogP contribution < -0.4 is 9.80 Å². The Hall–Kier alpha value is -8.18. The van der Waals surface area contributed by atoms with Gasteiger partial charge in [0.25, 0.3) is 0 Å². The van der Waals surface area contributed by atoms with E-state index in [9.17, 15) is 0 Å². The Labute approximate surface area is 378 Å². The van der Waals surface area contributed by atoms with Crippen molar-refractivity contribution in [2.45, 2.75) is 0 Å². The predicted molar refractivity (Wildman–Crippen MR) is 276 cm³/mol. The van der Waals surface area contributed by atoms with E-state index in [1.807, 2.05) is 42.5 Å². The van der Waals surface area contributed by atoms with Crippen LogP contribution in [-0.4, -0.2) is 0 Å². The number of para-hydroxylation sites is 2. The second kappa shape index (κ2) is 17.7. The summed E-state index contributed by atoms with van der Waals surface area (Å²) in [5, 5.41) is 5.63. The van der Waals surface area contributed by atoms with Crippen molar-refractivity contribution in [1.29, 1.82) is 0 Å². The van der Waals surface area contributed by atoms with Crippen LogP contribution in [-0.2, 0) is 0 Å². The summed E-state index contributed by atoms with van der Waals surface area (Å²) < 4.78 is 7.40. The summed E-state index contributed by atoms with van der Waals surface area (Å²) in [6, 6.07) is 68.6. The van der Waals surface area contributed by atoms with E-state index in [2.05, 4.69) is 211 Å². The first-order chi connectivity index (χ1) is 31.6. The number of allylic oxidation sites excluding steroid dienone is 4. The van der Waals surface area contributed by atoms with Gasteiger partial charge >= 0.3 is 0 Å². The average molecular weight is 841 g/mol. The Morgan fingerprint density at radius 3 is 1.44 bits per heavy atom. The average Bonchev–Trinajstić information content (AvgIpc) is 3.95. The predicted octanol–water partition coefficient (Wildman–Crippen LogP) is 17.6. The lowest BCUT2D eigenvalue weighted by atomic mass is 9.97. The Bertz CT molecular complexity index is 3350. The Morgan fingerprint density at radius 2 is 0.875 bits per heavy atom. The molecule has 10 rings (SSSR count). The molecule has 0 atom stereocenters. The molecule has 0 aliphatic rings. The fraction of sp³-hybridized carbons (Fsp3) is 0. The molecule has 0 amide bonds. The van der Waals surface area contributed by atoms with Crippen molar-refractivity contribution in [2.75, 3.05) is 9.80 Å². The van der Waals surface area contributed by atoms with Gasteiger partial charge in [-0.1, -0.05) is 153 Å². The van der Waals surface area contributed by atoms with Gasteiger partial charge in [0.2, 0.25) is 0 Å². The molecule has 0 unspecified atom stereocenters. The zero-order chi connectivity index (χ0) is 43.4. The Kier molecular flexibility index (Phi) is 11.0. The third-order valence-electron chi connectivity index (χ3n) is 11.7. The number of anilines is 4. The van der Waals surface area contributed by atoms with Gasteiger partial charge in [-0.25, -0.2) is 0 Å². The summed E-state index contributed by atoms with van der Waals surface area (Å²) in [5.74, 6) is 0. The van der Waals surface area contributed by atoms with Gasteiger partial charge < -0.3 is 14.2 Å². The highest BCUT2D eigenvalue weighted by Gasteiger charge is 2.17. The molecule has 8 aromatic carbocycles. The van der Waals surface area contributed by atoms with E-state index in [1.54, 1.807) is 17.4 Å². The molecule has 0 saturated carbocycles. The normalized spacial score (nSPS) is 11.8. The quantitative estimate of drug-likeness (QED) is 0.108. The number of hydrogen-bond acceptors (Lipinski definition) is 4. The molecule has 64 heavy (non-hydrogen) atoms. The topological polar surface area (TPSA) is 19.6 Å². The van der Waals surface area contributed by atoms with Crippen molar-refractivity contribution in [3.05, 3.63) is 261 Å². The zero-order valence-corrected chi connectivity index (χ0v) is 36.1. The largest absolute Gasteiger partial charge is 0.456 e.